The molecule has 3 nitrogen and oxygen atoms in total. The minimum absolute atomic E-state index is 0.575. The molecule has 0 aromatic carbocycles. The van der Waals surface area contributed by atoms with Crippen molar-refractivity contribution >= 4 is 17.3 Å². The lowest BCUT2D eigenvalue weighted by Gasteiger charge is -2.37. The Morgan fingerprint density at radius 3 is 2.39 bits per heavy atom. The summed E-state index contributed by atoms with van der Waals surface area (Å²) in [6, 6.07) is 2.02. The Balaban J connectivity index is 2.92. The van der Waals surface area contributed by atoms with E-state index in [2.05, 4.69) is 18.7 Å². The van der Waals surface area contributed by atoms with Crippen LogP contribution in [-0.2, 0) is 11.2 Å². The van der Waals surface area contributed by atoms with Crippen molar-refractivity contribution in [3.05, 3.63) is 22.4 Å². The molecule has 0 bridgehead atoms. The molecule has 0 amide bonds. The molecule has 0 saturated carbocycles. The highest BCUT2D eigenvalue weighted by molar-refractivity contribution is 7.07. The van der Waals surface area contributed by atoms with E-state index in [1.807, 2.05) is 23.8 Å². The van der Waals surface area contributed by atoms with Crippen LogP contribution >= 0.6 is 11.3 Å². The largest absolute Gasteiger partial charge is 0.480 e. The fourth-order valence-corrected chi connectivity index (χ4v) is 2.93. The smallest absolute Gasteiger partial charge is 0.324 e. The third-order valence-corrected chi connectivity index (χ3v) is 4.01. The van der Waals surface area contributed by atoms with Gasteiger partial charge in [0.25, 0.3) is 0 Å². The number of rotatable bonds is 8. The van der Waals surface area contributed by atoms with Gasteiger partial charge in [0.15, 0.2) is 0 Å². The molecule has 1 rings (SSSR count). The summed E-state index contributed by atoms with van der Waals surface area (Å²) in [4.78, 5) is 13.8. The van der Waals surface area contributed by atoms with Crippen LogP contribution in [0, 0.1) is 0 Å². The standard InChI is InChI=1S/C14H23NO2S/c1-4-7-15(8-5-2)14(3,13(16)17)10-12-6-9-18-11-12/h6,9,11H,4-5,7-8,10H2,1-3H3,(H,16,17). The summed E-state index contributed by atoms with van der Waals surface area (Å²) in [5.74, 6) is -0.726. The van der Waals surface area contributed by atoms with Crippen LogP contribution in [0.1, 0.15) is 39.2 Å². The maximum Gasteiger partial charge on any atom is 0.324 e. The number of nitrogens with zero attached hydrogens (tertiary/aromatic N) is 1. The highest BCUT2D eigenvalue weighted by Crippen LogP contribution is 2.23. The lowest BCUT2D eigenvalue weighted by atomic mass is 9.91. The van der Waals surface area contributed by atoms with Crippen molar-refractivity contribution in [3.63, 3.8) is 0 Å². The maximum absolute atomic E-state index is 11.7. The summed E-state index contributed by atoms with van der Waals surface area (Å²) in [7, 11) is 0. The maximum atomic E-state index is 11.7. The molecule has 4 heteroatoms. The van der Waals surface area contributed by atoms with Gasteiger partial charge in [0.05, 0.1) is 0 Å². The Morgan fingerprint density at radius 2 is 2.00 bits per heavy atom. The summed E-state index contributed by atoms with van der Waals surface area (Å²) in [6.45, 7) is 7.70. The number of aliphatic carboxylic acids is 1. The van der Waals surface area contributed by atoms with Crippen LogP contribution in [0.5, 0.6) is 0 Å². The van der Waals surface area contributed by atoms with Gasteiger partial charge in [0, 0.05) is 6.42 Å². The summed E-state index contributed by atoms with van der Waals surface area (Å²) < 4.78 is 0. The molecule has 0 saturated heterocycles. The second-order valence-electron chi connectivity index (χ2n) is 4.87. The molecular weight excluding hydrogens is 246 g/mol. The zero-order valence-electron chi connectivity index (χ0n) is 11.5. The quantitative estimate of drug-likeness (QED) is 0.787. The third-order valence-electron chi connectivity index (χ3n) is 3.27. The molecule has 0 aliphatic carbocycles. The fraction of sp³-hybridized carbons (Fsp3) is 0.643. The highest BCUT2D eigenvalue weighted by atomic mass is 32.1. The Labute approximate surface area is 113 Å². The summed E-state index contributed by atoms with van der Waals surface area (Å²) in [5, 5.41) is 13.7. The summed E-state index contributed by atoms with van der Waals surface area (Å²) >= 11 is 1.62. The first kappa shape index (κ1) is 15.2. The second kappa shape index (κ2) is 6.90. The molecule has 1 N–H and O–H groups in total. The van der Waals surface area contributed by atoms with Gasteiger partial charge in [-0.1, -0.05) is 13.8 Å². The molecule has 1 aromatic heterocycles. The topological polar surface area (TPSA) is 40.5 Å². The van der Waals surface area contributed by atoms with Gasteiger partial charge in [-0.3, -0.25) is 9.69 Å². The van der Waals surface area contributed by atoms with Crippen molar-refractivity contribution in [2.75, 3.05) is 13.1 Å². The van der Waals surface area contributed by atoms with Crippen LogP contribution in [0.4, 0.5) is 0 Å². The third kappa shape index (κ3) is 3.56. The van der Waals surface area contributed by atoms with E-state index in [-0.39, 0.29) is 0 Å². The van der Waals surface area contributed by atoms with Gasteiger partial charge < -0.3 is 5.11 Å². The van der Waals surface area contributed by atoms with Gasteiger partial charge in [0.2, 0.25) is 0 Å². The average molecular weight is 269 g/mol. The number of carboxylic acid groups (broad SMARTS) is 1. The van der Waals surface area contributed by atoms with Gasteiger partial charge in [-0.15, -0.1) is 0 Å². The molecule has 0 fully saturated rings. The first-order valence-electron chi connectivity index (χ1n) is 6.54. The van der Waals surface area contributed by atoms with Crippen LogP contribution in [-0.4, -0.2) is 34.6 Å². The summed E-state index contributed by atoms with van der Waals surface area (Å²) in [5.41, 5.74) is 0.315. The van der Waals surface area contributed by atoms with Gasteiger partial charge in [-0.05, 0) is 55.2 Å². The monoisotopic (exact) mass is 269 g/mol. The number of hydrogen-bond donors (Lipinski definition) is 1. The van der Waals surface area contributed by atoms with E-state index in [9.17, 15) is 9.90 Å². The normalized spacial score (nSPS) is 14.7. The number of carbonyl (C=O) groups is 1. The van der Waals surface area contributed by atoms with Gasteiger partial charge in [0.1, 0.15) is 5.54 Å². The minimum atomic E-state index is -0.799. The molecule has 1 unspecified atom stereocenters. The molecule has 18 heavy (non-hydrogen) atoms. The van der Waals surface area contributed by atoms with Crippen LogP contribution in [0.2, 0.25) is 0 Å². The van der Waals surface area contributed by atoms with Crippen LogP contribution in [0.15, 0.2) is 16.8 Å². The number of carboxylic acids is 1. The van der Waals surface area contributed by atoms with Crippen molar-refractivity contribution in [2.45, 2.75) is 45.6 Å². The molecule has 0 radical (unpaired) electrons. The van der Waals surface area contributed by atoms with E-state index in [1.54, 1.807) is 11.3 Å². The predicted octanol–water partition coefficient (Wildman–Crippen LogP) is 3.26. The molecule has 0 aliphatic rings. The number of hydrogen-bond acceptors (Lipinski definition) is 3. The van der Waals surface area contributed by atoms with E-state index in [4.69, 9.17) is 0 Å². The van der Waals surface area contributed by atoms with Gasteiger partial charge in [-0.2, -0.15) is 11.3 Å². The molecule has 1 aromatic rings. The van der Waals surface area contributed by atoms with Crippen molar-refractivity contribution in [1.29, 1.82) is 0 Å². The molecule has 1 heterocycles. The first-order valence-corrected chi connectivity index (χ1v) is 7.48. The molecular formula is C14H23NO2S. The lowest BCUT2D eigenvalue weighted by molar-refractivity contribution is -0.150. The zero-order valence-corrected chi connectivity index (χ0v) is 12.3. The summed E-state index contributed by atoms with van der Waals surface area (Å²) in [6.07, 6.45) is 2.53. The van der Waals surface area contributed by atoms with Crippen molar-refractivity contribution in [2.24, 2.45) is 0 Å². The van der Waals surface area contributed by atoms with E-state index >= 15 is 0 Å². The van der Waals surface area contributed by atoms with E-state index in [0.29, 0.717) is 6.42 Å². The Kier molecular flexibility index (Phi) is 5.82. The van der Waals surface area contributed by atoms with Gasteiger partial charge >= 0.3 is 5.97 Å². The Morgan fingerprint density at radius 1 is 1.39 bits per heavy atom. The highest BCUT2D eigenvalue weighted by Gasteiger charge is 2.38. The SMILES string of the molecule is CCCN(CCC)C(C)(Cc1ccsc1)C(=O)O. The van der Waals surface area contributed by atoms with Crippen molar-refractivity contribution in [3.8, 4) is 0 Å². The van der Waals surface area contributed by atoms with E-state index in [0.717, 1.165) is 31.5 Å². The minimum Gasteiger partial charge on any atom is -0.480 e. The fourth-order valence-electron chi connectivity index (χ4n) is 2.26. The predicted molar refractivity (Wildman–Crippen MR) is 76.2 cm³/mol. The molecule has 0 spiro atoms. The van der Waals surface area contributed by atoms with E-state index < -0.39 is 11.5 Å². The van der Waals surface area contributed by atoms with Crippen LogP contribution in [0.25, 0.3) is 0 Å². The average Bonchev–Trinajstić information content (AvgIpc) is 2.81. The Hall–Kier alpha value is -0.870. The first-order chi connectivity index (χ1) is 8.54. The molecule has 0 aliphatic heterocycles. The van der Waals surface area contributed by atoms with Crippen molar-refractivity contribution < 1.29 is 9.90 Å². The number of thiophene rings is 1. The van der Waals surface area contributed by atoms with Crippen LogP contribution < -0.4 is 0 Å². The molecule has 102 valence electrons. The van der Waals surface area contributed by atoms with E-state index in [1.165, 1.54) is 0 Å². The zero-order chi connectivity index (χ0) is 13.6. The van der Waals surface area contributed by atoms with Crippen LogP contribution in [0.3, 0.4) is 0 Å². The van der Waals surface area contributed by atoms with Crippen molar-refractivity contribution in [1.82, 2.24) is 4.90 Å². The second-order valence-corrected chi connectivity index (χ2v) is 5.65. The molecule has 1 atom stereocenters. The Bertz CT molecular complexity index is 358. The van der Waals surface area contributed by atoms with Gasteiger partial charge in [-0.25, -0.2) is 0 Å². The lowest BCUT2D eigenvalue weighted by Crippen LogP contribution is -2.54.